The van der Waals surface area contributed by atoms with Crippen LogP contribution in [0.4, 0.5) is 0 Å². The molecule has 5 heteroatoms. The Hall–Kier alpha value is -1.80. The molecule has 2 heterocycles. The summed E-state index contributed by atoms with van der Waals surface area (Å²) in [5.41, 5.74) is -0.154. The van der Waals surface area contributed by atoms with Crippen LogP contribution in [0.1, 0.15) is 19.3 Å². The van der Waals surface area contributed by atoms with Crippen molar-refractivity contribution in [3.8, 4) is 11.8 Å². The van der Waals surface area contributed by atoms with Crippen molar-refractivity contribution in [2.45, 2.75) is 25.8 Å². The van der Waals surface area contributed by atoms with Crippen LogP contribution in [0.2, 0.25) is 0 Å². The predicted octanol–water partition coefficient (Wildman–Crippen LogP) is 1.24. The van der Waals surface area contributed by atoms with E-state index in [-0.39, 0.29) is 5.56 Å². The number of aryl methyl sites for hydroxylation is 1. The Morgan fingerprint density at radius 2 is 2.11 bits per heavy atom. The highest BCUT2D eigenvalue weighted by atomic mass is 16.5. The Balaban J connectivity index is 1.89. The van der Waals surface area contributed by atoms with E-state index in [1.807, 2.05) is 6.07 Å². The van der Waals surface area contributed by atoms with Crippen molar-refractivity contribution >= 4 is 0 Å². The minimum absolute atomic E-state index is 0.154. The lowest BCUT2D eigenvalue weighted by molar-refractivity contribution is 0.234. The minimum Gasteiger partial charge on any atom is -0.487 e. The number of nitriles is 1. The Labute approximate surface area is 113 Å². The second-order valence-electron chi connectivity index (χ2n) is 4.68. The van der Waals surface area contributed by atoms with E-state index in [1.165, 1.54) is 17.4 Å². The summed E-state index contributed by atoms with van der Waals surface area (Å²) >= 11 is 0. The van der Waals surface area contributed by atoms with Crippen LogP contribution in [0.15, 0.2) is 23.1 Å². The van der Waals surface area contributed by atoms with Gasteiger partial charge in [-0.25, -0.2) is 0 Å². The summed E-state index contributed by atoms with van der Waals surface area (Å²) < 4.78 is 7.08. The highest BCUT2D eigenvalue weighted by molar-refractivity contribution is 5.17. The first-order valence-electron chi connectivity index (χ1n) is 6.73. The summed E-state index contributed by atoms with van der Waals surface area (Å²) in [4.78, 5) is 14.4. The zero-order chi connectivity index (χ0) is 13.5. The molecule has 102 valence electrons. The average Bonchev–Trinajstić information content (AvgIpc) is 2.92. The maximum Gasteiger partial charge on any atom is 0.292 e. The molecule has 0 N–H and O–H groups in total. The largest absolute Gasteiger partial charge is 0.487 e. The lowest BCUT2D eigenvalue weighted by Gasteiger charge is -2.15. The first-order valence-corrected chi connectivity index (χ1v) is 6.73. The fourth-order valence-electron chi connectivity index (χ4n) is 2.26. The smallest absolute Gasteiger partial charge is 0.292 e. The Bertz CT molecular complexity index is 498. The lowest BCUT2D eigenvalue weighted by atomic mass is 10.4. The van der Waals surface area contributed by atoms with Crippen LogP contribution in [-0.2, 0) is 6.54 Å². The van der Waals surface area contributed by atoms with Gasteiger partial charge >= 0.3 is 0 Å². The van der Waals surface area contributed by atoms with Gasteiger partial charge < -0.3 is 9.30 Å². The fourth-order valence-corrected chi connectivity index (χ4v) is 2.26. The molecule has 0 atom stereocenters. The van der Waals surface area contributed by atoms with E-state index < -0.39 is 0 Å². The van der Waals surface area contributed by atoms with Crippen LogP contribution < -0.4 is 10.3 Å². The number of hydrogen-bond acceptors (Lipinski definition) is 4. The highest BCUT2D eigenvalue weighted by Gasteiger charge is 2.11. The third-order valence-electron chi connectivity index (χ3n) is 3.31. The molecule has 0 amide bonds. The van der Waals surface area contributed by atoms with Gasteiger partial charge in [0, 0.05) is 19.3 Å². The average molecular weight is 261 g/mol. The number of aromatic nitrogens is 1. The van der Waals surface area contributed by atoms with Crippen LogP contribution >= 0.6 is 0 Å². The van der Waals surface area contributed by atoms with Gasteiger partial charge in [-0.15, -0.1) is 0 Å². The molecule has 5 nitrogen and oxygen atoms in total. The highest BCUT2D eigenvalue weighted by Crippen LogP contribution is 2.07. The molecule has 1 saturated heterocycles. The summed E-state index contributed by atoms with van der Waals surface area (Å²) in [6.07, 6.45) is 4.53. The molecule has 0 radical (unpaired) electrons. The number of hydrogen-bond donors (Lipinski definition) is 0. The third kappa shape index (κ3) is 3.83. The van der Waals surface area contributed by atoms with Gasteiger partial charge in [0.1, 0.15) is 6.61 Å². The fraction of sp³-hybridized carbons (Fsp3) is 0.571. The van der Waals surface area contributed by atoms with E-state index >= 15 is 0 Å². The van der Waals surface area contributed by atoms with E-state index in [4.69, 9.17) is 10.00 Å². The first-order chi connectivity index (χ1) is 9.31. The summed E-state index contributed by atoms with van der Waals surface area (Å²) in [7, 11) is 0. The summed E-state index contributed by atoms with van der Waals surface area (Å²) in [6, 6.07) is 5.51. The standard InChI is InChI=1S/C14H19N3O2/c15-6-4-10-17-9-3-5-13(14(17)18)19-12-11-16-7-1-2-8-16/h3,5,9H,1-2,4,7-8,10-12H2. The Morgan fingerprint density at radius 1 is 1.32 bits per heavy atom. The SMILES string of the molecule is N#CCCn1cccc(OCCN2CCCC2)c1=O. The van der Waals surface area contributed by atoms with E-state index in [9.17, 15) is 4.79 Å². The van der Waals surface area contributed by atoms with Gasteiger partial charge in [0.05, 0.1) is 12.5 Å². The molecular weight excluding hydrogens is 242 g/mol. The molecule has 2 rings (SSSR count). The second kappa shape index (κ2) is 6.95. The van der Waals surface area contributed by atoms with Gasteiger partial charge in [0.2, 0.25) is 0 Å². The Morgan fingerprint density at radius 3 is 2.84 bits per heavy atom. The van der Waals surface area contributed by atoms with Gasteiger partial charge in [0.25, 0.3) is 5.56 Å². The van der Waals surface area contributed by atoms with Gasteiger partial charge in [-0.3, -0.25) is 9.69 Å². The molecule has 0 aliphatic carbocycles. The van der Waals surface area contributed by atoms with Crippen molar-refractivity contribution in [3.63, 3.8) is 0 Å². The van der Waals surface area contributed by atoms with E-state index in [0.717, 1.165) is 19.6 Å². The molecule has 1 aliphatic heterocycles. The van der Waals surface area contributed by atoms with Crippen molar-refractivity contribution in [1.29, 1.82) is 5.26 Å². The van der Waals surface area contributed by atoms with Gasteiger partial charge in [-0.05, 0) is 38.1 Å². The van der Waals surface area contributed by atoms with Crippen LogP contribution in [0.5, 0.6) is 5.75 Å². The quantitative estimate of drug-likeness (QED) is 0.773. The molecule has 0 unspecified atom stereocenters. The van der Waals surface area contributed by atoms with Crippen LogP contribution in [0.25, 0.3) is 0 Å². The topological polar surface area (TPSA) is 58.3 Å². The molecule has 1 fully saturated rings. The molecule has 0 bridgehead atoms. The molecule has 1 aliphatic rings. The number of rotatable bonds is 6. The molecule has 0 saturated carbocycles. The Kier molecular flexibility index (Phi) is 4.99. The number of nitrogens with zero attached hydrogens (tertiary/aromatic N) is 3. The first kappa shape index (κ1) is 13.6. The van der Waals surface area contributed by atoms with Gasteiger partial charge in [-0.1, -0.05) is 0 Å². The van der Waals surface area contributed by atoms with Crippen molar-refractivity contribution in [1.82, 2.24) is 9.47 Å². The molecule has 1 aromatic rings. The maximum atomic E-state index is 12.0. The third-order valence-corrected chi connectivity index (χ3v) is 3.31. The van der Waals surface area contributed by atoms with Crippen LogP contribution in [-0.4, -0.2) is 35.7 Å². The number of pyridine rings is 1. The molecule has 0 aromatic carbocycles. The summed E-state index contributed by atoms with van der Waals surface area (Å²) in [6.45, 7) is 4.08. The van der Waals surface area contributed by atoms with Crippen molar-refractivity contribution in [2.24, 2.45) is 0 Å². The molecule has 0 spiro atoms. The molecular formula is C14H19N3O2. The number of likely N-dealkylation sites (tertiary alicyclic amines) is 1. The number of ether oxygens (including phenoxy) is 1. The normalized spacial score (nSPS) is 15.3. The van der Waals surface area contributed by atoms with Gasteiger partial charge in [-0.2, -0.15) is 5.26 Å². The zero-order valence-electron chi connectivity index (χ0n) is 11.0. The van der Waals surface area contributed by atoms with E-state index in [1.54, 1.807) is 18.3 Å². The van der Waals surface area contributed by atoms with Crippen LogP contribution in [0.3, 0.4) is 0 Å². The monoisotopic (exact) mass is 261 g/mol. The predicted molar refractivity (Wildman–Crippen MR) is 72.1 cm³/mol. The van der Waals surface area contributed by atoms with Crippen LogP contribution in [0, 0.1) is 11.3 Å². The second-order valence-corrected chi connectivity index (χ2v) is 4.68. The zero-order valence-corrected chi connectivity index (χ0v) is 11.0. The van der Waals surface area contributed by atoms with Gasteiger partial charge in [0.15, 0.2) is 5.75 Å². The lowest BCUT2D eigenvalue weighted by Crippen LogP contribution is -2.27. The van der Waals surface area contributed by atoms with Crippen molar-refractivity contribution in [2.75, 3.05) is 26.2 Å². The maximum absolute atomic E-state index is 12.0. The van der Waals surface area contributed by atoms with E-state index in [2.05, 4.69) is 4.90 Å². The molecule has 19 heavy (non-hydrogen) atoms. The molecule has 1 aromatic heterocycles. The minimum atomic E-state index is -0.154. The summed E-state index contributed by atoms with van der Waals surface area (Å²) in [5.74, 6) is 0.375. The van der Waals surface area contributed by atoms with E-state index in [0.29, 0.717) is 25.3 Å². The summed E-state index contributed by atoms with van der Waals surface area (Å²) in [5, 5.41) is 8.55. The van der Waals surface area contributed by atoms with Crippen molar-refractivity contribution < 1.29 is 4.74 Å². The van der Waals surface area contributed by atoms with Crippen molar-refractivity contribution in [3.05, 3.63) is 28.7 Å².